The van der Waals surface area contributed by atoms with Gasteiger partial charge in [0.15, 0.2) is 8.32 Å². The van der Waals surface area contributed by atoms with Gasteiger partial charge in [0.05, 0.1) is 0 Å². The molecule has 0 saturated heterocycles. The molecule has 0 saturated carbocycles. The molecule has 0 aromatic carbocycles. The Labute approximate surface area is 64.9 Å². The monoisotopic (exact) mass is 161 g/mol. The third kappa shape index (κ3) is 3.34. The largest absolute Gasteiger partial charge is 0.416 e. The summed E-state index contributed by atoms with van der Waals surface area (Å²) in [5.41, 5.74) is 6.01. The molecule has 0 spiro atoms. The normalized spacial score (nSPS) is 12.6. The molecule has 0 fully saturated rings. The van der Waals surface area contributed by atoms with Crippen LogP contribution in [0.25, 0.3) is 0 Å². The number of rotatable bonds is 4. The Bertz CT molecular complexity index is 93.6. The van der Waals surface area contributed by atoms with E-state index in [-0.39, 0.29) is 0 Å². The fourth-order valence-electron chi connectivity index (χ4n) is 0.489. The van der Waals surface area contributed by atoms with Crippen molar-refractivity contribution < 1.29 is 4.43 Å². The summed E-state index contributed by atoms with van der Waals surface area (Å²) in [5.74, 6) is 0. The average molecular weight is 161 g/mol. The SMILES string of the molecule is CC(C)[Si](C)(C)OCCN. The van der Waals surface area contributed by atoms with Crippen LogP contribution in [-0.2, 0) is 4.43 Å². The number of hydrogen-bond acceptors (Lipinski definition) is 2. The molecular formula is C7H19NOSi. The van der Waals surface area contributed by atoms with E-state index in [2.05, 4.69) is 26.9 Å². The topological polar surface area (TPSA) is 35.2 Å². The molecule has 0 aliphatic carbocycles. The van der Waals surface area contributed by atoms with Gasteiger partial charge < -0.3 is 10.2 Å². The van der Waals surface area contributed by atoms with Crippen molar-refractivity contribution in [3.8, 4) is 0 Å². The zero-order valence-corrected chi connectivity index (χ0v) is 8.48. The van der Waals surface area contributed by atoms with Gasteiger partial charge in [-0.25, -0.2) is 0 Å². The lowest BCUT2D eigenvalue weighted by Crippen LogP contribution is -2.35. The number of hydrogen-bond donors (Lipinski definition) is 1. The average Bonchev–Trinajstić information content (AvgIpc) is 1.84. The van der Waals surface area contributed by atoms with E-state index in [1.54, 1.807) is 0 Å². The fourth-order valence-corrected chi connectivity index (χ4v) is 1.47. The van der Waals surface area contributed by atoms with Crippen molar-refractivity contribution in [1.82, 2.24) is 0 Å². The molecule has 62 valence electrons. The highest BCUT2D eigenvalue weighted by Crippen LogP contribution is 2.20. The number of nitrogens with two attached hydrogens (primary N) is 1. The van der Waals surface area contributed by atoms with Gasteiger partial charge in [-0.05, 0) is 18.6 Å². The van der Waals surface area contributed by atoms with Gasteiger partial charge >= 0.3 is 0 Å². The van der Waals surface area contributed by atoms with Crippen LogP contribution in [0.5, 0.6) is 0 Å². The zero-order valence-electron chi connectivity index (χ0n) is 7.48. The Morgan fingerprint density at radius 2 is 1.90 bits per heavy atom. The lowest BCUT2D eigenvalue weighted by molar-refractivity contribution is 0.311. The van der Waals surface area contributed by atoms with Crippen LogP contribution in [0.2, 0.25) is 18.6 Å². The maximum absolute atomic E-state index is 5.65. The summed E-state index contributed by atoms with van der Waals surface area (Å²) < 4.78 is 5.65. The maximum Gasteiger partial charge on any atom is 0.189 e. The van der Waals surface area contributed by atoms with Crippen LogP contribution in [0.4, 0.5) is 0 Å². The molecule has 2 nitrogen and oxygen atoms in total. The van der Waals surface area contributed by atoms with Gasteiger partial charge in [0, 0.05) is 13.2 Å². The highest BCUT2D eigenvalue weighted by Gasteiger charge is 2.25. The summed E-state index contributed by atoms with van der Waals surface area (Å²) >= 11 is 0. The van der Waals surface area contributed by atoms with E-state index < -0.39 is 8.32 Å². The van der Waals surface area contributed by atoms with Crippen molar-refractivity contribution in [2.45, 2.75) is 32.5 Å². The molecule has 3 heteroatoms. The summed E-state index contributed by atoms with van der Waals surface area (Å²) in [6, 6.07) is 0. The smallest absolute Gasteiger partial charge is 0.189 e. The molecule has 0 atom stereocenters. The van der Waals surface area contributed by atoms with E-state index in [4.69, 9.17) is 10.2 Å². The molecule has 2 N–H and O–H groups in total. The minimum Gasteiger partial charge on any atom is -0.416 e. The summed E-state index contributed by atoms with van der Waals surface area (Å²) in [7, 11) is -1.38. The predicted molar refractivity (Wildman–Crippen MR) is 47.6 cm³/mol. The third-order valence-electron chi connectivity index (χ3n) is 1.98. The van der Waals surface area contributed by atoms with Gasteiger partial charge in [-0.2, -0.15) is 0 Å². The molecule has 0 aromatic heterocycles. The zero-order chi connectivity index (χ0) is 8.20. The van der Waals surface area contributed by atoms with E-state index in [1.165, 1.54) is 0 Å². The summed E-state index contributed by atoms with van der Waals surface area (Å²) in [6.07, 6.45) is 0. The quantitative estimate of drug-likeness (QED) is 0.635. The molecule has 0 bridgehead atoms. The van der Waals surface area contributed by atoms with Crippen LogP contribution in [0, 0.1) is 0 Å². The molecule has 0 aliphatic rings. The lowest BCUT2D eigenvalue weighted by Gasteiger charge is -2.26. The van der Waals surface area contributed by atoms with Gasteiger partial charge in [0.1, 0.15) is 0 Å². The van der Waals surface area contributed by atoms with Crippen LogP contribution in [0.15, 0.2) is 0 Å². The van der Waals surface area contributed by atoms with E-state index in [0.717, 1.165) is 6.61 Å². The van der Waals surface area contributed by atoms with Gasteiger partial charge in [-0.1, -0.05) is 13.8 Å². The Balaban J connectivity index is 3.63. The van der Waals surface area contributed by atoms with Crippen molar-refractivity contribution in [2.24, 2.45) is 5.73 Å². The maximum atomic E-state index is 5.65. The van der Waals surface area contributed by atoms with E-state index >= 15 is 0 Å². The van der Waals surface area contributed by atoms with Gasteiger partial charge in [-0.15, -0.1) is 0 Å². The van der Waals surface area contributed by atoms with Crippen molar-refractivity contribution in [2.75, 3.05) is 13.2 Å². The molecule has 10 heavy (non-hydrogen) atoms. The predicted octanol–water partition coefficient (Wildman–Crippen LogP) is 1.58. The second-order valence-corrected chi connectivity index (χ2v) is 8.05. The first kappa shape index (κ1) is 10.1. The van der Waals surface area contributed by atoms with Crippen molar-refractivity contribution >= 4 is 8.32 Å². The Morgan fingerprint density at radius 3 is 2.20 bits per heavy atom. The Kier molecular flexibility index (Phi) is 4.16. The Hall–Kier alpha value is 0.137. The molecule has 0 aliphatic heterocycles. The first-order valence-electron chi connectivity index (χ1n) is 3.84. The first-order chi connectivity index (χ1) is 4.50. The van der Waals surface area contributed by atoms with E-state index in [1.807, 2.05) is 0 Å². The van der Waals surface area contributed by atoms with Crippen molar-refractivity contribution in [1.29, 1.82) is 0 Å². The van der Waals surface area contributed by atoms with Gasteiger partial charge in [-0.3, -0.25) is 0 Å². The van der Waals surface area contributed by atoms with Gasteiger partial charge in [0.25, 0.3) is 0 Å². The van der Waals surface area contributed by atoms with E-state index in [0.29, 0.717) is 12.1 Å². The van der Waals surface area contributed by atoms with Crippen LogP contribution in [0.1, 0.15) is 13.8 Å². The second-order valence-electron chi connectivity index (χ2n) is 3.40. The highest BCUT2D eigenvalue weighted by molar-refractivity contribution is 6.72. The first-order valence-corrected chi connectivity index (χ1v) is 6.83. The molecule has 0 heterocycles. The highest BCUT2D eigenvalue weighted by atomic mass is 28.4. The summed E-state index contributed by atoms with van der Waals surface area (Å²) in [5, 5.41) is 0. The van der Waals surface area contributed by atoms with Gasteiger partial charge in [0.2, 0.25) is 0 Å². The van der Waals surface area contributed by atoms with Crippen molar-refractivity contribution in [3.63, 3.8) is 0 Å². The minimum absolute atomic E-state index is 0.642. The lowest BCUT2D eigenvalue weighted by atomic mass is 10.6. The van der Waals surface area contributed by atoms with Crippen molar-refractivity contribution in [3.05, 3.63) is 0 Å². The molecule has 0 unspecified atom stereocenters. The van der Waals surface area contributed by atoms with Crippen LogP contribution in [-0.4, -0.2) is 21.5 Å². The third-order valence-corrected chi connectivity index (χ3v) is 5.71. The molecule has 0 aromatic rings. The Morgan fingerprint density at radius 1 is 1.40 bits per heavy atom. The van der Waals surface area contributed by atoms with Crippen LogP contribution < -0.4 is 5.73 Å². The van der Waals surface area contributed by atoms with Crippen LogP contribution >= 0.6 is 0 Å². The fraction of sp³-hybridized carbons (Fsp3) is 1.00. The van der Waals surface area contributed by atoms with E-state index in [9.17, 15) is 0 Å². The minimum atomic E-state index is -1.38. The second kappa shape index (κ2) is 4.11. The molecular weight excluding hydrogens is 142 g/mol. The molecule has 0 radical (unpaired) electrons. The molecule has 0 amide bonds. The van der Waals surface area contributed by atoms with Crippen LogP contribution in [0.3, 0.4) is 0 Å². The molecule has 0 rings (SSSR count). The summed E-state index contributed by atoms with van der Waals surface area (Å²) in [6.45, 7) is 10.2. The standard InChI is InChI=1S/C7H19NOSi/c1-7(2)10(3,4)9-6-5-8/h7H,5-6,8H2,1-4H3. The summed E-state index contributed by atoms with van der Waals surface area (Å²) in [4.78, 5) is 0.